The van der Waals surface area contributed by atoms with Gasteiger partial charge in [-0.15, -0.1) is 0 Å². The van der Waals surface area contributed by atoms with Gasteiger partial charge in [0.1, 0.15) is 11.6 Å². The number of anilines is 1. The molecule has 1 heterocycles. The molecule has 3 aromatic rings. The summed E-state index contributed by atoms with van der Waals surface area (Å²) in [5.41, 5.74) is 4.88. The topological polar surface area (TPSA) is 83.1 Å². The highest BCUT2D eigenvalue weighted by Crippen LogP contribution is 2.23. The van der Waals surface area contributed by atoms with Gasteiger partial charge >= 0.3 is 0 Å². The average Bonchev–Trinajstić information content (AvgIpc) is 3.36. The normalized spacial score (nSPS) is 11.5. The zero-order valence-electron chi connectivity index (χ0n) is 43.6. The zero-order valence-corrected chi connectivity index (χ0v) is 43.6. The van der Waals surface area contributed by atoms with Gasteiger partial charge in [-0.3, -0.25) is 15.1 Å². The van der Waals surface area contributed by atoms with Crippen LogP contribution in [0.4, 0.5) is 11.4 Å². The third-order valence-corrected chi connectivity index (χ3v) is 13.9. The monoisotopic (exact) mass is 929 g/mol. The number of hydrogen-bond donors (Lipinski definition) is 0. The molecule has 6 nitrogen and oxygen atoms in total. The molecule has 0 fully saturated rings. The maximum atomic E-state index is 11.2. The van der Waals surface area contributed by atoms with Crippen LogP contribution in [0.1, 0.15) is 273 Å². The molecule has 0 aliphatic heterocycles. The van der Waals surface area contributed by atoms with Crippen molar-refractivity contribution < 1.29 is 4.92 Å². The van der Waals surface area contributed by atoms with Gasteiger partial charge in [0.25, 0.3) is 5.69 Å². The second-order valence-electron chi connectivity index (χ2n) is 19.9. The molecular formula is C62H96N4O2. The Labute approximate surface area is 417 Å². The highest BCUT2D eigenvalue weighted by Gasteiger charge is 2.13. The summed E-state index contributed by atoms with van der Waals surface area (Å²) >= 11 is 0. The lowest BCUT2D eigenvalue weighted by Gasteiger charge is -2.25. The Bertz CT molecular complexity index is 1740. The molecule has 0 aliphatic carbocycles. The largest absolute Gasteiger partial charge is 0.372 e. The van der Waals surface area contributed by atoms with Crippen molar-refractivity contribution in [2.24, 2.45) is 0 Å². The summed E-state index contributed by atoms with van der Waals surface area (Å²) in [6.45, 7) is 6.89. The predicted octanol–water partition coefficient (Wildman–Crippen LogP) is 20.1. The molecular weight excluding hydrogens is 833 g/mol. The van der Waals surface area contributed by atoms with Crippen LogP contribution in [0.25, 0.3) is 24.3 Å². The van der Waals surface area contributed by atoms with Crippen LogP contribution in [0.5, 0.6) is 0 Å². The van der Waals surface area contributed by atoms with Gasteiger partial charge in [0.15, 0.2) is 0 Å². The second kappa shape index (κ2) is 40.6. The van der Waals surface area contributed by atoms with Gasteiger partial charge in [0.2, 0.25) is 0 Å². The SMILES string of the molecule is CCCCCCCCCCCCCCCCCCCCN(CCCCCCCCCCCCCCCCCCCC)c1ccc(C=Cc2ccc(C=Cc3ccc([N+](=O)[O-])c(C#N)c3)nc2)cc1. The fourth-order valence-corrected chi connectivity index (χ4v) is 9.47. The van der Waals surface area contributed by atoms with Crippen molar-refractivity contribution in [3.8, 4) is 6.07 Å². The number of aromatic nitrogens is 1. The van der Waals surface area contributed by atoms with Gasteiger partial charge in [-0.05, 0) is 65.9 Å². The van der Waals surface area contributed by atoms with Gasteiger partial charge < -0.3 is 4.90 Å². The van der Waals surface area contributed by atoms with Crippen molar-refractivity contribution in [3.63, 3.8) is 0 Å². The fraction of sp³-hybridized carbons (Fsp3) is 0.645. The van der Waals surface area contributed by atoms with Gasteiger partial charge in [0, 0.05) is 31.0 Å². The molecule has 2 aromatic carbocycles. The Morgan fingerprint density at radius 2 is 0.824 bits per heavy atom. The summed E-state index contributed by atoms with van der Waals surface area (Å²) in [6.07, 6.45) is 60.5. The van der Waals surface area contributed by atoms with Crippen molar-refractivity contribution in [2.45, 2.75) is 245 Å². The zero-order chi connectivity index (χ0) is 48.4. The van der Waals surface area contributed by atoms with Crippen LogP contribution in [-0.2, 0) is 0 Å². The van der Waals surface area contributed by atoms with E-state index in [0.717, 1.165) is 24.3 Å². The predicted molar refractivity (Wildman–Crippen MR) is 296 cm³/mol. The molecule has 0 saturated heterocycles. The first-order chi connectivity index (χ1) is 33.5. The Hall–Kier alpha value is -4.24. The van der Waals surface area contributed by atoms with Crippen LogP contribution < -0.4 is 4.90 Å². The number of nitrogens with zero attached hydrogens (tertiary/aromatic N) is 4. The molecule has 68 heavy (non-hydrogen) atoms. The third kappa shape index (κ3) is 28.9. The first kappa shape index (κ1) is 58.1. The van der Waals surface area contributed by atoms with E-state index in [1.54, 1.807) is 6.07 Å². The molecule has 0 saturated carbocycles. The number of nitro benzene ring substituents is 1. The Morgan fingerprint density at radius 1 is 0.471 bits per heavy atom. The summed E-state index contributed by atoms with van der Waals surface area (Å²) in [5, 5.41) is 20.5. The Kier molecular flexibility index (Phi) is 34.7. The molecule has 1 aromatic heterocycles. The number of rotatable bonds is 44. The quantitative estimate of drug-likeness (QED) is 0.0320. The lowest BCUT2D eigenvalue weighted by atomic mass is 10.0. The van der Waals surface area contributed by atoms with Gasteiger partial charge in [-0.2, -0.15) is 5.26 Å². The molecule has 0 aliphatic rings. The van der Waals surface area contributed by atoms with E-state index >= 15 is 0 Å². The van der Waals surface area contributed by atoms with Crippen LogP contribution in [0.2, 0.25) is 0 Å². The molecule has 0 radical (unpaired) electrons. The van der Waals surface area contributed by atoms with Crippen LogP contribution in [-0.4, -0.2) is 23.0 Å². The minimum Gasteiger partial charge on any atom is -0.372 e. The number of pyridine rings is 1. The van der Waals surface area contributed by atoms with Gasteiger partial charge in [-0.1, -0.05) is 269 Å². The van der Waals surface area contributed by atoms with E-state index in [9.17, 15) is 15.4 Å². The minimum atomic E-state index is -0.532. The maximum Gasteiger partial charge on any atom is 0.287 e. The number of unbranched alkanes of at least 4 members (excludes halogenated alkanes) is 34. The second-order valence-corrected chi connectivity index (χ2v) is 19.9. The number of nitriles is 1. The lowest BCUT2D eigenvalue weighted by molar-refractivity contribution is -0.385. The van der Waals surface area contributed by atoms with Crippen molar-refractivity contribution in [3.05, 3.63) is 98.9 Å². The van der Waals surface area contributed by atoms with Crippen molar-refractivity contribution in [1.82, 2.24) is 4.98 Å². The Morgan fingerprint density at radius 3 is 1.19 bits per heavy atom. The molecule has 3 rings (SSSR count). The van der Waals surface area contributed by atoms with E-state index in [0.29, 0.717) is 5.56 Å². The van der Waals surface area contributed by atoms with E-state index < -0.39 is 4.92 Å². The van der Waals surface area contributed by atoms with E-state index in [2.05, 4.69) is 60.1 Å². The van der Waals surface area contributed by atoms with Crippen LogP contribution >= 0.6 is 0 Å². The molecule has 0 N–H and O–H groups in total. The highest BCUT2D eigenvalue weighted by atomic mass is 16.6. The standard InChI is InChI=1S/C62H96N4O2/c1-3-5-7-9-11-13-15-17-19-21-23-25-27-29-31-33-35-37-51-65(52-38-36-34-32-30-28-26-24-22-20-18-16-14-12-10-8-6-4-2)61-48-43-56(44-49-61)39-40-58-42-47-60(64-55-58)46-41-57-45-50-62(66(67)68)59(53-57)54-63/h39-50,53,55H,3-38,51-52H2,1-2H3. The summed E-state index contributed by atoms with van der Waals surface area (Å²) in [4.78, 5) is 17.9. The van der Waals surface area contributed by atoms with Crippen molar-refractivity contribution >= 4 is 35.7 Å². The van der Waals surface area contributed by atoms with Gasteiger partial charge in [0.05, 0.1) is 10.6 Å². The molecule has 6 heteroatoms. The molecule has 0 atom stereocenters. The fourth-order valence-electron chi connectivity index (χ4n) is 9.47. The summed E-state index contributed by atoms with van der Waals surface area (Å²) in [7, 11) is 0. The molecule has 0 spiro atoms. The minimum absolute atomic E-state index is 0.0489. The van der Waals surface area contributed by atoms with E-state index in [-0.39, 0.29) is 11.3 Å². The smallest absolute Gasteiger partial charge is 0.287 e. The van der Waals surface area contributed by atoms with Crippen LogP contribution in [0.3, 0.4) is 0 Å². The van der Waals surface area contributed by atoms with Crippen LogP contribution in [0, 0.1) is 21.4 Å². The van der Waals surface area contributed by atoms with E-state index in [1.807, 2.05) is 36.6 Å². The van der Waals surface area contributed by atoms with Crippen molar-refractivity contribution in [1.29, 1.82) is 5.26 Å². The van der Waals surface area contributed by atoms with Gasteiger partial charge in [-0.25, -0.2) is 0 Å². The number of benzene rings is 2. The summed E-state index contributed by atoms with van der Waals surface area (Å²) < 4.78 is 0. The third-order valence-electron chi connectivity index (χ3n) is 13.9. The molecule has 0 unspecified atom stereocenters. The average molecular weight is 929 g/mol. The maximum absolute atomic E-state index is 11.2. The van der Waals surface area contributed by atoms with Crippen LogP contribution in [0.15, 0.2) is 60.8 Å². The first-order valence-corrected chi connectivity index (χ1v) is 28.4. The Balaban J connectivity index is 1.37. The molecule has 376 valence electrons. The molecule has 0 bridgehead atoms. The highest BCUT2D eigenvalue weighted by molar-refractivity contribution is 5.73. The number of hydrogen-bond acceptors (Lipinski definition) is 5. The van der Waals surface area contributed by atoms with E-state index in [1.165, 1.54) is 255 Å². The summed E-state index contributed by atoms with van der Waals surface area (Å²) in [6, 6.07) is 19.6. The molecule has 0 amide bonds. The van der Waals surface area contributed by atoms with E-state index in [4.69, 9.17) is 0 Å². The lowest BCUT2D eigenvalue weighted by Crippen LogP contribution is -2.25. The first-order valence-electron chi connectivity index (χ1n) is 28.4. The number of nitro groups is 1. The van der Waals surface area contributed by atoms with Crippen molar-refractivity contribution in [2.75, 3.05) is 18.0 Å². The summed E-state index contributed by atoms with van der Waals surface area (Å²) in [5.74, 6) is 0.